The van der Waals surface area contributed by atoms with Gasteiger partial charge in [0.05, 0.1) is 6.54 Å². The summed E-state index contributed by atoms with van der Waals surface area (Å²) in [5, 5.41) is 17.9. The van der Waals surface area contributed by atoms with Gasteiger partial charge >= 0.3 is 0 Å². The second-order valence-corrected chi connectivity index (χ2v) is 7.04. The zero-order valence-electron chi connectivity index (χ0n) is 16.1. The minimum Gasteiger partial charge on any atom is -0.367 e. The highest BCUT2D eigenvalue weighted by molar-refractivity contribution is 5.73. The lowest BCUT2D eigenvalue weighted by Crippen LogP contribution is -2.36. The topological polar surface area (TPSA) is 60.8 Å². The molecule has 0 heterocycles. The molecule has 0 radical (unpaired) electrons. The van der Waals surface area contributed by atoms with Crippen molar-refractivity contribution in [1.29, 1.82) is 0 Å². The smallest absolute Gasteiger partial charge is 0.219 e. The summed E-state index contributed by atoms with van der Waals surface area (Å²) in [5.74, 6) is -0.0854. The van der Waals surface area contributed by atoms with E-state index >= 15 is 0 Å². The van der Waals surface area contributed by atoms with Crippen LogP contribution < -0.4 is 0 Å². The molecule has 4 heteroatoms. The van der Waals surface area contributed by atoms with E-state index in [9.17, 15) is 4.79 Å². The summed E-state index contributed by atoms with van der Waals surface area (Å²) in [6.45, 7) is 4.39. The third-order valence-electron chi connectivity index (χ3n) is 4.61. The zero-order chi connectivity index (χ0) is 18.0. The van der Waals surface area contributed by atoms with Crippen molar-refractivity contribution in [2.45, 2.75) is 110 Å². The summed E-state index contributed by atoms with van der Waals surface area (Å²) < 4.78 is 0. The van der Waals surface area contributed by atoms with E-state index in [1.807, 2.05) is 0 Å². The SMILES string of the molecule is CCCCCCCCCCCCCCCCN(CC(O)O)C(C)=O. The third-order valence-corrected chi connectivity index (χ3v) is 4.61. The number of unbranched alkanes of at least 4 members (excludes halogenated alkanes) is 13. The molecule has 0 spiro atoms. The Labute approximate surface area is 149 Å². The van der Waals surface area contributed by atoms with Crippen LogP contribution in [0.5, 0.6) is 0 Å². The van der Waals surface area contributed by atoms with Crippen molar-refractivity contribution in [3.8, 4) is 0 Å². The number of carbonyl (C=O) groups is 1. The normalized spacial score (nSPS) is 11.2. The molecular weight excluding hydrogens is 302 g/mol. The average molecular weight is 344 g/mol. The molecule has 0 aromatic heterocycles. The van der Waals surface area contributed by atoms with Gasteiger partial charge in [-0.15, -0.1) is 0 Å². The van der Waals surface area contributed by atoms with Gasteiger partial charge in [-0.25, -0.2) is 0 Å². The monoisotopic (exact) mass is 343 g/mol. The zero-order valence-corrected chi connectivity index (χ0v) is 16.1. The number of amides is 1. The van der Waals surface area contributed by atoms with Gasteiger partial charge in [0.1, 0.15) is 0 Å². The van der Waals surface area contributed by atoms with Crippen LogP contribution in [-0.2, 0) is 4.79 Å². The first-order valence-electron chi connectivity index (χ1n) is 10.2. The van der Waals surface area contributed by atoms with Crippen LogP contribution in [0.25, 0.3) is 0 Å². The molecule has 0 aliphatic rings. The fraction of sp³-hybridized carbons (Fsp3) is 0.950. The first-order valence-corrected chi connectivity index (χ1v) is 10.2. The summed E-state index contributed by atoms with van der Waals surface area (Å²) in [4.78, 5) is 12.9. The second-order valence-electron chi connectivity index (χ2n) is 7.04. The van der Waals surface area contributed by atoms with E-state index in [1.54, 1.807) is 0 Å². The molecule has 0 aliphatic heterocycles. The lowest BCUT2D eigenvalue weighted by atomic mass is 10.0. The first kappa shape index (κ1) is 23.4. The maximum absolute atomic E-state index is 11.3. The van der Waals surface area contributed by atoms with E-state index in [4.69, 9.17) is 10.2 Å². The lowest BCUT2D eigenvalue weighted by molar-refractivity contribution is -0.135. The Kier molecular flexibility index (Phi) is 16.8. The van der Waals surface area contributed by atoms with Gasteiger partial charge in [-0.2, -0.15) is 0 Å². The van der Waals surface area contributed by atoms with Gasteiger partial charge < -0.3 is 15.1 Å². The molecule has 0 saturated carbocycles. The summed E-state index contributed by atoms with van der Waals surface area (Å²) >= 11 is 0. The number of rotatable bonds is 17. The van der Waals surface area contributed by atoms with Gasteiger partial charge in [-0.1, -0.05) is 90.4 Å². The van der Waals surface area contributed by atoms with Crippen LogP contribution in [0.4, 0.5) is 0 Å². The van der Waals surface area contributed by atoms with Crippen LogP contribution >= 0.6 is 0 Å². The van der Waals surface area contributed by atoms with Crippen LogP contribution in [-0.4, -0.2) is 40.4 Å². The Morgan fingerprint density at radius 3 is 1.46 bits per heavy atom. The number of nitrogens with zero attached hydrogens (tertiary/aromatic N) is 1. The molecular formula is C20H41NO3. The molecule has 1 amide bonds. The standard InChI is InChI=1S/C20H41NO3/c1-3-4-5-6-7-8-9-10-11-12-13-14-15-16-17-21(19(2)22)18-20(23)24/h20,23-24H,3-18H2,1-2H3. The van der Waals surface area contributed by atoms with Crippen molar-refractivity contribution in [1.82, 2.24) is 4.90 Å². The highest BCUT2D eigenvalue weighted by Crippen LogP contribution is 2.13. The number of aliphatic hydroxyl groups excluding tert-OH is 1. The van der Waals surface area contributed by atoms with Crippen molar-refractivity contribution in [2.75, 3.05) is 13.1 Å². The molecule has 0 saturated heterocycles. The van der Waals surface area contributed by atoms with Crippen molar-refractivity contribution < 1.29 is 15.0 Å². The molecule has 4 nitrogen and oxygen atoms in total. The molecule has 144 valence electrons. The molecule has 0 aromatic rings. The van der Waals surface area contributed by atoms with Gasteiger partial charge in [0.2, 0.25) is 5.91 Å². The lowest BCUT2D eigenvalue weighted by Gasteiger charge is -2.21. The van der Waals surface area contributed by atoms with Gasteiger partial charge in [0.25, 0.3) is 0 Å². The fourth-order valence-corrected chi connectivity index (χ4v) is 3.07. The van der Waals surface area contributed by atoms with Gasteiger partial charge in [-0.05, 0) is 6.42 Å². The molecule has 2 N–H and O–H groups in total. The largest absolute Gasteiger partial charge is 0.367 e. The molecule has 0 bridgehead atoms. The fourth-order valence-electron chi connectivity index (χ4n) is 3.07. The summed E-state index contributed by atoms with van der Waals surface area (Å²) in [6.07, 6.45) is 16.9. The van der Waals surface area contributed by atoms with Crippen LogP contribution in [0.15, 0.2) is 0 Å². The van der Waals surface area contributed by atoms with Crippen molar-refractivity contribution in [3.63, 3.8) is 0 Å². The molecule has 0 fully saturated rings. The molecule has 24 heavy (non-hydrogen) atoms. The molecule has 0 atom stereocenters. The first-order chi connectivity index (χ1) is 11.6. The van der Waals surface area contributed by atoms with Crippen molar-refractivity contribution in [3.05, 3.63) is 0 Å². The molecule has 0 aromatic carbocycles. The predicted molar refractivity (Wildman–Crippen MR) is 101 cm³/mol. The molecule has 0 unspecified atom stereocenters. The molecule has 0 rings (SSSR count). The van der Waals surface area contributed by atoms with Gasteiger partial charge in [0, 0.05) is 13.5 Å². The summed E-state index contributed by atoms with van der Waals surface area (Å²) in [6, 6.07) is 0. The van der Waals surface area contributed by atoms with Crippen molar-refractivity contribution in [2.24, 2.45) is 0 Å². The second kappa shape index (κ2) is 17.2. The van der Waals surface area contributed by atoms with E-state index in [1.165, 1.54) is 88.9 Å². The Bertz CT molecular complexity index is 282. The van der Waals surface area contributed by atoms with Gasteiger partial charge in [0.15, 0.2) is 6.29 Å². The van der Waals surface area contributed by atoms with Gasteiger partial charge in [-0.3, -0.25) is 4.79 Å². The predicted octanol–water partition coefficient (Wildman–Crippen LogP) is 4.63. The number of hydrogen-bond acceptors (Lipinski definition) is 3. The summed E-state index contributed by atoms with van der Waals surface area (Å²) in [5.41, 5.74) is 0. The van der Waals surface area contributed by atoms with E-state index in [0.29, 0.717) is 6.54 Å². The third kappa shape index (κ3) is 16.3. The van der Waals surface area contributed by atoms with E-state index in [2.05, 4.69) is 6.92 Å². The Balaban J connectivity index is 3.28. The average Bonchev–Trinajstić information content (AvgIpc) is 2.53. The minimum atomic E-state index is -1.43. The van der Waals surface area contributed by atoms with Crippen LogP contribution in [0, 0.1) is 0 Å². The quantitative estimate of drug-likeness (QED) is 0.299. The van der Waals surface area contributed by atoms with Crippen LogP contribution in [0.2, 0.25) is 0 Å². The minimum absolute atomic E-state index is 0.0216. The molecule has 0 aliphatic carbocycles. The Morgan fingerprint density at radius 2 is 1.12 bits per heavy atom. The van der Waals surface area contributed by atoms with E-state index < -0.39 is 6.29 Å². The number of aliphatic hydroxyl groups is 2. The van der Waals surface area contributed by atoms with E-state index in [0.717, 1.165) is 12.8 Å². The van der Waals surface area contributed by atoms with E-state index in [-0.39, 0.29) is 12.5 Å². The van der Waals surface area contributed by atoms with Crippen molar-refractivity contribution >= 4 is 5.91 Å². The highest BCUT2D eigenvalue weighted by Gasteiger charge is 2.11. The Morgan fingerprint density at radius 1 is 0.750 bits per heavy atom. The maximum Gasteiger partial charge on any atom is 0.219 e. The summed E-state index contributed by atoms with van der Waals surface area (Å²) in [7, 11) is 0. The Hall–Kier alpha value is -0.610. The van der Waals surface area contributed by atoms with Crippen LogP contribution in [0.3, 0.4) is 0 Å². The number of hydrogen-bond donors (Lipinski definition) is 2. The van der Waals surface area contributed by atoms with Crippen LogP contribution in [0.1, 0.15) is 104 Å². The number of carbonyl (C=O) groups excluding carboxylic acids is 1. The highest BCUT2D eigenvalue weighted by atomic mass is 16.5. The maximum atomic E-state index is 11.3.